The molecule has 0 aliphatic rings. The standard InChI is InChI=1S/C9H8N2O3/c10-6(4-12)5-1-2-8-7(3-5)11-9(13)14-8/h1-4,6H,10H2,(H,11,13). The van der Waals surface area contributed by atoms with Crippen molar-refractivity contribution in [2.45, 2.75) is 6.04 Å². The van der Waals surface area contributed by atoms with Gasteiger partial charge in [-0.2, -0.15) is 0 Å². The lowest BCUT2D eigenvalue weighted by molar-refractivity contribution is -0.109. The fraction of sp³-hybridized carbons (Fsp3) is 0.111. The Labute approximate surface area is 78.5 Å². The summed E-state index contributed by atoms with van der Waals surface area (Å²) < 4.78 is 4.80. The number of nitrogens with one attached hydrogen (secondary N) is 1. The van der Waals surface area contributed by atoms with E-state index in [1.165, 1.54) is 0 Å². The van der Waals surface area contributed by atoms with E-state index in [4.69, 9.17) is 10.2 Å². The predicted molar refractivity (Wildman–Crippen MR) is 49.8 cm³/mol. The van der Waals surface area contributed by atoms with Crippen molar-refractivity contribution in [3.8, 4) is 0 Å². The number of fused-ring (bicyclic) bond motifs is 1. The molecule has 2 rings (SSSR count). The lowest BCUT2D eigenvalue weighted by atomic mass is 10.1. The van der Waals surface area contributed by atoms with Gasteiger partial charge in [-0.05, 0) is 17.7 Å². The number of carbonyl (C=O) groups is 1. The highest BCUT2D eigenvalue weighted by Gasteiger charge is 2.07. The van der Waals surface area contributed by atoms with Gasteiger partial charge in [0.05, 0.1) is 11.6 Å². The van der Waals surface area contributed by atoms with E-state index < -0.39 is 11.8 Å². The van der Waals surface area contributed by atoms with Crippen molar-refractivity contribution < 1.29 is 9.21 Å². The highest BCUT2D eigenvalue weighted by molar-refractivity contribution is 5.74. The van der Waals surface area contributed by atoms with E-state index in [0.717, 1.165) is 0 Å². The van der Waals surface area contributed by atoms with Crippen LogP contribution in [0.1, 0.15) is 11.6 Å². The average molecular weight is 192 g/mol. The first-order valence-electron chi connectivity index (χ1n) is 4.04. The molecular weight excluding hydrogens is 184 g/mol. The Morgan fingerprint density at radius 3 is 3.00 bits per heavy atom. The largest absolute Gasteiger partial charge is 0.417 e. The van der Waals surface area contributed by atoms with E-state index in [2.05, 4.69) is 4.98 Å². The molecule has 1 heterocycles. The van der Waals surface area contributed by atoms with Gasteiger partial charge in [-0.25, -0.2) is 4.79 Å². The first kappa shape index (κ1) is 8.71. The van der Waals surface area contributed by atoms with Crippen LogP contribution in [0.15, 0.2) is 27.4 Å². The van der Waals surface area contributed by atoms with E-state index in [0.29, 0.717) is 22.9 Å². The number of nitrogens with two attached hydrogens (primary N) is 1. The van der Waals surface area contributed by atoms with Crippen LogP contribution in [0, 0.1) is 0 Å². The third kappa shape index (κ3) is 1.33. The summed E-state index contributed by atoms with van der Waals surface area (Å²) in [6.45, 7) is 0. The van der Waals surface area contributed by atoms with Gasteiger partial charge in [0.25, 0.3) is 0 Å². The first-order chi connectivity index (χ1) is 6.70. The molecule has 0 radical (unpaired) electrons. The fourth-order valence-corrected chi connectivity index (χ4v) is 1.26. The molecule has 3 N–H and O–H groups in total. The van der Waals surface area contributed by atoms with Gasteiger partial charge in [0, 0.05) is 0 Å². The van der Waals surface area contributed by atoms with Crippen LogP contribution >= 0.6 is 0 Å². The molecule has 14 heavy (non-hydrogen) atoms. The molecule has 1 atom stereocenters. The zero-order valence-corrected chi connectivity index (χ0v) is 7.19. The molecule has 5 heteroatoms. The van der Waals surface area contributed by atoms with E-state index >= 15 is 0 Å². The number of hydrogen-bond acceptors (Lipinski definition) is 4. The second kappa shape index (κ2) is 3.12. The molecule has 2 aromatic rings. The molecule has 0 bridgehead atoms. The summed E-state index contributed by atoms with van der Waals surface area (Å²) in [7, 11) is 0. The Balaban J connectivity index is 2.61. The maximum absolute atomic E-state index is 10.8. The van der Waals surface area contributed by atoms with Crippen molar-refractivity contribution in [1.82, 2.24) is 4.98 Å². The van der Waals surface area contributed by atoms with Gasteiger partial charge in [-0.1, -0.05) is 6.07 Å². The van der Waals surface area contributed by atoms with Crippen molar-refractivity contribution in [2.75, 3.05) is 0 Å². The quantitative estimate of drug-likeness (QED) is 0.670. The van der Waals surface area contributed by atoms with Crippen molar-refractivity contribution in [1.29, 1.82) is 0 Å². The second-order valence-corrected chi connectivity index (χ2v) is 2.93. The molecule has 72 valence electrons. The summed E-state index contributed by atoms with van der Waals surface area (Å²) in [6.07, 6.45) is 0.638. The zero-order valence-electron chi connectivity index (χ0n) is 7.19. The van der Waals surface area contributed by atoms with Crippen LogP contribution < -0.4 is 11.5 Å². The number of oxazole rings is 1. The summed E-state index contributed by atoms with van der Waals surface area (Å²) in [6, 6.07) is 4.21. The molecular formula is C9H8N2O3. The highest BCUT2D eigenvalue weighted by atomic mass is 16.4. The predicted octanol–water partition coefficient (Wildman–Crippen LogP) is 0.320. The summed E-state index contributed by atoms with van der Waals surface area (Å²) in [5.41, 5.74) is 7.15. The van der Waals surface area contributed by atoms with Crippen molar-refractivity contribution in [3.05, 3.63) is 34.3 Å². The molecule has 0 aliphatic heterocycles. The van der Waals surface area contributed by atoms with Gasteiger partial charge in [-0.15, -0.1) is 0 Å². The lowest BCUT2D eigenvalue weighted by Crippen LogP contribution is -2.10. The van der Waals surface area contributed by atoms with Gasteiger partial charge in [0.2, 0.25) is 0 Å². The van der Waals surface area contributed by atoms with Gasteiger partial charge in [0.1, 0.15) is 6.29 Å². The van der Waals surface area contributed by atoms with Crippen LogP contribution in [-0.2, 0) is 4.79 Å². The van der Waals surface area contributed by atoms with E-state index in [1.807, 2.05) is 0 Å². The number of rotatable bonds is 2. The van der Waals surface area contributed by atoms with Crippen molar-refractivity contribution in [2.24, 2.45) is 5.73 Å². The molecule has 1 unspecified atom stereocenters. The minimum absolute atomic E-state index is 0.455. The third-order valence-electron chi connectivity index (χ3n) is 1.97. The Kier molecular flexibility index (Phi) is 1.94. The summed E-state index contributed by atoms with van der Waals surface area (Å²) in [4.78, 5) is 23.7. The lowest BCUT2D eigenvalue weighted by Gasteiger charge is -2.02. The van der Waals surface area contributed by atoms with Crippen LogP contribution in [-0.4, -0.2) is 11.3 Å². The second-order valence-electron chi connectivity index (χ2n) is 2.93. The van der Waals surface area contributed by atoms with Gasteiger partial charge < -0.3 is 14.9 Å². The van der Waals surface area contributed by atoms with E-state index in [1.54, 1.807) is 18.2 Å². The SMILES string of the molecule is NC(C=O)c1ccc2oc(=O)[nH]c2c1. The zero-order chi connectivity index (χ0) is 10.1. The number of carbonyl (C=O) groups excluding carboxylic acids is 1. The Morgan fingerprint density at radius 1 is 1.50 bits per heavy atom. The third-order valence-corrected chi connectivity index (χ3v) is 1.97. The van der Waals surface area contributed by atoms with Crippen LogP contribution in [0.25, 0.3) is 11.1 Å². The maximum atomic E-state index is 10.8. The Bertz CT molecular complexity index is 526. The fourth-order valence-electron chi connectivity index (χ4n) is 1.26. The van der Waals surface area contributed by atoms with Crippen LogP contribution in [0.2, 0.25) is 0 Å². The molecule has 0 aliphatic carbocycles. The molecule has 0 saturated heterocycles. The highest BCUT2D eigenvalue weighted by Crippen LogP contribution is 2.15. The molecule has 5 nitrogen and oxygen atoms in total. The van der Waals surface area contributed by atoms with E-state index in [9.17, 15) is 9.59 Å². The molecule has 1 aromatic heterocycles. The molecule has 0 saturated carbocycles. The Morgan fingerprint density at radius 2 is 2.29 bits per heavy atom. The summed E-state index contributed by atoms with van der Waals surface area (Å²) >= 11 is 0. The number of aromatic amines is 1. The average Bonchev–Trinajstić information content (AvgIpc) is 2.55. The number of hydrogen-bond donors (Lipinski definition) is 2. The van der Waals surface area contributed by atoms with Crippen molar-refractivity contribution in [3.63, 3.8) is 0 Å². The molecule has 0 spiro atoms. The van der Waals surface area contributed by atoms with Gasteiger partial charge in [-0.3, -0.25) is 4.98 Å². The Hall–Kier alpha value is -1.88. The number of H-pyrrole nitrogens is 1. The number of aromatic nitrogens is 1. The molecule has 1 aromatic carbocycles. The topological polar surface area (TPSA) is 89.1 Å². The number of aldehydes is 1. The van der Waals surface area contributed by atoms with Gasteiger partial charge >= 0.3 is 5.76 Å². The summed E-state index contributed by atoms with van der Waals surface area (Å²) in [5.74, 6) is -0.517. The van der Waals surface area contributed by atoms with Gasteiger partial charge in [0.15, 0.2) is 5.58 Å². The smallest absolute Gasteiger partial charge is 0.408 e. The van der Waals surface area contributed by atoms with Crippen LogP contribution in [0.3, 0.4) is 0 Å². The monoisotopic (exact) mass is 192 g/mol. The molecule has 0 amide bonds. The minimum Gasteiger partial charge on any atom is -0.408 e. The van der Waals surface area contributed by atoms with E-state index in [-0.39, 0.29) is 0 Å². The number of benzene rings is 1. The van der Waals surface area contributed by atoms with Crippen LogP contribution in [0.4, 0.5) is 0 Å². The normalized spacial score (nSPS) is 12.9. The van der Waals surface area contributed by atoms with Crippen LogP contribution in [0.5, 0.6) is 0 Å². The summed E-state index contributed by atoms with van der Waals surface area (Å²) in [5, 5.41) is 0. The molecule has 0 fully saturated rings. The first-order valence-corrected chi connectivity index (χ1v) is 4.04. The maximum Gasteiger partial charge on any atom is 0.417 e. The van der Waals surface area contributed by atoms with Crippen molar-refractivity contribution >= 4 is 17.4 Å². The minimum atomic E-state index is -0.669.